The standard InChI is InChI=1S/C44H32N2Si/c1-29-21-23-40-42(25-29)47(32-13-5-3-6-14-32,33-15-7-4-8-16-33)43-26-30(2)22-24-41(43)45(40)31-27-36-34-17-9-11-19-38(34)46-39-20-12-10-18-35(39)37(28-31)44(36)46/h3-28H,1-2H3. The predicted molar refractivity (Wildman–Crippen MR) is 202 cm³/mol. The number of hydrogen-bond donors (Lipinski definition) is 0. The van der Waals surface area contributed by atoms with Crippen molar-refractivity contribution in [2.24, 2.45) is 0 Å². The molecule has 0 N–H and O–H groups in total. The SMILES string of the molecule is Cc1ccc2c(c1)[Si](c1ccccc1)(c1ccccc1)c1cc(C)ccc1N2c1cc2c3ccccc3n3c4ccccc4c(c1)c23. The number of rotatable bonds is 3. The number of fused-ring (bicyclic) bond motifs is 8. The minimum absolute atomic E-state index is 1.20. The van der Waals surface area contributed by atoms with E-state index in [4.69, 9.17) is 0 Å². The van der Waals surface area contributed by atoms with Gasteiger partial charge in [0.1, 0.15) is 0 Å². The van der Waals surface area contributed by atoms with Gasteiger partial charge in [0.2, 0.25) is 0 Å². The molecule has 1 aliphatic rings. The third-order valence-electron chi connectivity index (χ3n) is 10.5. The summed E-state index contributed by atoms with van der Waals surface area (Å²) in [5.74, 6) is 0. The molecule has 9 aromatic rings. The molecule has 0 radical (unpaired) electrons. The molecule has 3 heteroatoms. The van der Waals surface area contributed by atoms with Crippen LogP contribution in [0, 0.1) is 13.8 Å². The summed E-state index contributed by atoms with van der Waals surface area (Å²) in [6.45, 7) is 4.48. The van der Waals surface area contributed by atoms with Gasteiger partial charge < -0.3 is 9.30 Å². The van der Waals surface area contributed by atoms with Gasteiger partial charge in [-0.3, -0.25) is 0 Å². The van der Waals surface area contributed by atoms with Crippen LogP contribution in [0.1, 0.15) is 11.1 Å². The van der Waals surface area contributed by atoms with Crippen LogP contribution < -0.4 is 25.6 Å². The fourth-order valence-corrected chi connectivity index (χ4v) is 13.9. The number of hydrogen-bond acceptors (Lipinski definition) is 1. The number of aromatic nitrogens is 1. The summed E-state index contributed by atoms with van der Waals surface area (Å²) in [5, 5.41) is 10.9. The number of benzene rings is 7. The molecule has 0 atom stereocenters. The summed E-state index contributed by atoms with van der Waals surface area (Å²) < 4.78 is 2.46. The van der Waals surface area contributed by atoms with E-state index in [2.05, 4.69) is 181 Å². The summed E-state index contributed by atoms with van der Waals surface area (Å²) in [7, 11) is -2.71. The highest BCUT2D eigenvalue weighted by Gasteiger charge is 2.49. The number of nitrogens with zero attached hydrogens (tertiary/aromatic N) is 2. The largest absolute Gasteiger partial charge is 0.311 e. The molecule has 3 heterocycles. The van der Waals surface area contributed by atoms with E-state index in [1.54, 1.807) is 0 Å². The van der Waals surface area contributed by atoms with Gasteiger partial charge in [0, 0.05) is 38.6 Å². The van der Waals surface area contributed by atoms with Crippen LogP contribution in [0.4, 0.5) is 17.1 Å². The lowest BCUT2D eigenvalue weighted by atomic mass is 10.0. The van der Waals surface area contributed by atoms with E-state index in [9.17, 15) is 0 Å². The Hall–Kier alpha value is -5.64. The van der Waals surface area contributed by atoms with Gasteiger partial charge in [-0.15, -0.1) is 0 Å². The first-order valence-electron chi connectivity index (χ1n) is 16.4. The van der Waals surface area contributed by atoms with Gasteiger partial charge in [0.15, 0.2) is 8.07 Å². The fraction of sp³-hybridized carbons (Fsp3) is 0.0455. The Morgan fingerprint density at radius 1 is 0.426 bits per heavy atom. The maximum absolute atomic E-state index is 2.71. The van der Waals surface area contributed by atoms with Crippen LogP contribution in [0.5, 0.6) is 0 Å². The van der Waals surface area contributed by atoms with Gasteiger partial charge in [-0.25, -0.2) is 0 Å². The number of para-hydroxylation sites is 2. The molecule has 222 valence electrons. The van der Waals surface area contributed by atoms with Crippen LogP contribution in [0.2, 0.25) is 0 Å². The Balaban J connectivity index is 1.37. The molecule has 2 aromatic heterocycles. The van der Waals surface area contributed by atoms with Crippen LogP contribution in [0.15, 0.2) is 158 Å². The van der Waals surface area contributed by atoms with E-state index < -0.39 is 8.07 Å². The third-order valence-corrected chi connectivity index (χ3v) is 15.3. The second-order valence-electron chi connectivity index (χ2n) is 13.1. The van der Waals surface area contributed by atoms with Crippen LogP contribution in [0.3, 0.4) is 0 Å². The van der Waals surface area contributed by atoms with Crippen molar-refractivity contribution in [1.29, 1.82) is 0 Å². The van der Waals surface area contributed by atoms with Crippen molar-refractivity contribution in [2.45, 2.75) is 13.8 Å². The molecule has 47 heavy (non-hydrogen) atoms. The van der Waals surface area contributed by atoms with Gasteiger partial charge in [-0.2, -0.15) is 0 Å². The van der Waals surface area contributed by atoms with Gasteiger partial charge in [0.25, 0.3) is 0 Å². The first kappa shape index (κ1) is 26.6. The highest BCUT2D eigenvalue weighted by molar-refractivity contribution is 7.21. The summed E-state index contributed by atoms with van der Waals surface area (Å²) in [4.78, 5) is 2.56. The molecule has 1 aliphatic heterocycles. The Morgan fingerprint density at radius 3 is 1.36 bits per heavy atom. The fourth-order valence-electron chi connectivity index (χ4n) is 8.57. The smallest absolute Gasteiger partial charge is 0.184 e. The second kappa shape index (κ2) is 9.68. The minimum atomic E-state index is -2.71. The van der Waals surface area contributed by atoms with Crippen LogP contribution in [0.25, 0.3) is 38.1 Å². The van der Waals surface area contributed by atoms with Crippen molar-refractivity contribution in [3.8, 4) is 0 Å². The monoisotopic (exact) mass is 616 g/mol. The van der Waals surface area contributed by atoms with Crippen molar-refractivity contribution in [2.75, 3.05) is 4.90 Å². The first-order chi connectivity index (χ1) is 23.1. The molecule has 0 amide bonds. The molecule has 2 nitrogen and oxygen atoms in total. The van der Waals surface area contributed by atoms with Crippen LogP contribution >= 0.6 is 0 Å². The molecule has 0 saturated heterocycles. The maximum atomic E-state index is 2.56. The van der Waals surface area contributed by atoms with Crippen LogP contribution in [-0.2, 0) is 0 Å². The Labute approximate surface area is 275 Å². The van der Waals surface area contributed by atoms with E-state index in [0.29, 0.717) is 0 Å². The molecule has 10 rings (SSSR count). The Kier molecular flexibility index (Phi) is 5.47. The summed E-state index contributed by atoms with van der Waals surface area (Å²) in [5.41, 5.74) is 10.1. The van der Waals surface area contributed by atoms with Crippen molar-refractivity contribution >= 4 is 84.0 Å². The molecular weight excluding hydrogens is 585 g/mol. The van der Waals surface area contributed by atoms with Crippen molar-refractivity contribution in [3.63, 3.8) is 0 Å². The zero-order valence-corrected chi connectivity index (χ0v) is 27.4. The minimum Gasteiger partial charge on any atom is -0.311 e. The lowest BCUT2D eigenvalue weighted by Crippen LogP contribution is -2.77. The van der Waals surface area contributed by atoms with E-state index in [-0.39, 0.29) is 0 Å². The molecule has 0 aliphatic carbocycles. The predicted octanol–water partition coefficient (Wildman–Crippen LogP) is 8.61. The highest BCUT2D eigenvalue weighted by Crippen LogP contribution is 2.45. The zero-order chi connectivity index (χ0) is 31.3. The molecule has 0 spiro atoms. The lowest BCUT2D eigenvalue weighted by Gasteiger charge is -2.45. The zero-order valence-electron chi connectivity index (χ0n) is 26.4. The van der Waals surface area contributed by atoms with Crippen LogP contribution in [-0.4, -0.2) is 12.5 Å². The van der Waals surface area contributed by atoms with Crippen molar-refractivity contribution in [1.82, 2.24) is 4.40 Å². The average molecular weight is 617 g/mol. The quantitative estimate of drug-likeness (QED) is 0.180. The van der Waals surface area contributed by atoms with E-state index >= 15 is 0 Å². The first-order valence-corrected chi connectivity index (χ1v) is 18.4. The van der Waals surface area contributed by atoms with Crippen molar-refractivity contribution < 1.29 is 0 Å². The van der Waals surface area contributed by atoms with E-state index in [1.807, 2.05) is 0 Å². The summed E-state index contributed by atoms with van der Waals surface area (Å²) >= 11 is 0. The summed E-state index contributed by atoms with van der Waals surface area (Å²) in [6, 6.07) is 59.5. The molecule has 0 saturated carbocycles. The topological polar surface area (TPSA) is 7.65 Å². The highest BCUT2D eigenvalue weighted by atomic mass is 28.3. The van der Waals surface area contributed by atoms with Gasteiger partial charge >= 0.3 is 0 Å². The normalized spacial score (nSPS) is 13.9. The molecular formula is C44H32N2Si. The van der Waals surface area contributed by atoms with E-state index in [1.165, 1.54) is 87.0 Å². The third kappa shape index (κ3) is 3.49. The average Bonchev–Trinajstić information content (AvgIpc) is 3.63. The molecule has 0 unspecified atom stereocenters. The summed E-state index contributed by atoms with van der Waals surface area (Å²) in [6.07, 6.45) is 0. The maximum Gasteiger partial charge on any atom is 0.184 e. The van der Waals surface area contributed by atoms with Gasteiger partial charge in [-0.05, 0) is 71.0 Å². The number of aryl methyl sites for hydroxylation is 2. The second-order valence-corrected chi connectivity index (χ2v) is 16.8. The molecule has 0 bridgehead atoms. The van der Waals surface area contributed by atoms with Crippen molar-refractivity contribution in [3.05, 3.63) is 169 Å². The van der Waals surface area contributed by atoms with E-state index in [0.717, 1.165) is 0 Å². The van der Waals surface area contributed by atoms with Gasteiger partial charge in [-0.1, -0.05) is 132 Å². The Morgan fingerprint density at radius 2 is 0.872 bits per heavy atom. The number of anilines is 3. The Bertz CT molecular complexity index is 2480. The van der Waals surface area contributed by atoms with Gasteiger partial charge in [0.05, 0.1) is 16.6 Å². The molecule has 0 fully saturated rings. The molecule has 7 aromatic carbocycles. The lowest BCUT2D eigenvalue weighted by molar-refractivity contribution is 1.28.